The summed E-state index contributed by atoms with van der Waals surface area (Å²) in [6.07, 6.45) is 0.251. The summed E-state index contributed by atoms with van der Waals surface area (Å²) in [5, 5.41) is 7.54. The molecule has 2 rings (SSSR count). The van der Waals surface area contributed by atoms with Crippen LogP contribution in [0.2, 0.25) is 0 Å². The Morgan fingerprint density at radius 3 is 2.52 bits per heavy atom. The van der Waals surface area contributed by atoms with Gasteiger partial charge in [-0.25, -0.2) is 0 Å². The molecule has 1 N–H and O–H groups in total. The van der Waals surface area contributed by atoms with Gasteiger partial charge in [0.25, 0.3) is 5.91 Å². The van der Waals surface area contributed by atoms with Crippen molar-refractivity contribution < 1.29 is 24.2 Å². The molecule has 0 saturated carbocycles. The number of hydrogen-bond donors (Lipinski definition) is 1. The third-order valence-corrected chi connectivity index (χ3v) is 3.91. The van der Waals surface area contributed by atoms with Gasteiger partial charge in [0.2, 0.25) is 5.91 Å². The average molecular weight is 312 g/mol. The molecule has 1 aliphatic heterocycles. The number of ether oxygens (including phenoxy) is 1. The maximum absolute atomic E-state index is 12.3. The zero-order chi connectivity index (χ0) is 15.6. The van der Waals surface area contributed by atoms with E-state index in [2.05, 4.69) is 0 Å². The fraction of sp³-hybridized carbons (Fsp3) is 0.357. The molecule has 2 atom stereocenters. The Hall–Kier alpha value is -2.08. The summed E-state index contributed by atoms with van der Waals surface area (Å²) in [7, 11) is 1.51. The van der Waals surface area contributed by atoms with Gasteiger partial charge in [-0.3, -0.25) is 19.3 Å². The normalized spacial score (nSPS) is 19.4. The highest BCUT2D eigenvalue weighted by atomic mass is 35.5. The molecule has 6 nitrogen and oxygen atoms in total. The van der Waals surface area contributed by atoms with E-state index in [1.807, 2.05) is 0 Å². The summed E-state index contributed by atoms with van der Waals surface area (Å²) in [5.41, 5.74) is 0.339. The highest BCUT2D eigenvalue weighted by Gasteiger charge is 2.42. The molecule has 1 aromatic carbocycles. The number of carboxylic acids is 1. The van der Waals surface area contributed by atoms with Crippen molar-refractivity contribution in [3.05, 3.63) is 29.8 Å². The van der Waals surface area contributed by atoms with E-state index in [4.69, 9.17) is 21.4 Å². The number of carbonyl (C=O) groups excluding carboxylic acids is 2. The molecule has 0 bridgehead atoms. The largest absolute Gasteiger partial charge is 0.497 e. The number of likely N-dealkylation sites (tertiary alicyclic amines) is 1. The minimum atomic E-state index is -1.31. The lowest BCUT2D eigenvalue weighted by Crippen LogP contribution is -2.37. The second kappa shape index (κ2) is 6.13. The van der Waals surface area contributed by atoms with E-state index in [1.165, 1.54) is 7.11 Å². The fourth-order valence-electron chi connectivity index (χ4n) is 2.24. The van der Waals surface area contributed by atoms with Gasteiger partial charge < -0.3 is 9.84 Å². The Labute approximate surface area is 126 Å². The molecule has 0 spiro atoms. The number of methoxy groups -OCH3 is 1. The summed E-state index contributed by atoms with van der Waals surface area (Å²) in [6, 6.07) is 6.34. The highest BCUT2D eigenvalue weighted by Crippen LogP contribution is 2.26. The Morgan fingerprint density at radius 1 is 1.38 bits per heavy atom. The van der Waals surface area contributed by atoms with Crippen LogP contribution in [-0.2, 0) is 9.59 Å². The van der Waals surface area contributed by atoms with E-state index in [9.17, 15) is 14.4 Å². The number of imide groups is 1. The van der Waals surface area contributed by atoms with E-state index in [1.54, 1.807) is 24.3 Å². The molecule has 1 heterocycles. The monoisotopic (exact) mass is 311 g/mol. The molecule has 1 saturated heterocycles. The SMILES string of the molecule is COc1ccc(C(=O)N2CC[C@@H](C(Cl)C(=O)O)C2=O)cc1. The molecule has 21 heavy (non-hydrogen) atoms. The molecule has 0 radical (unpaired) electrons. The molecular formula is C14H14ClNO5. The quantitative estimate of drug-likeness (QED) is 0.671. The number of alkyl halides is 1. The molecule has 0 aromatic heterocycles. The number of halogens is 1. The first kappa shape index (κ1) is 15.3. The topological polar surface area (TPSA) is 83.9 Å². The maximum atomic E-state index is 12.3. The molecule has 7 heteroatoms. The maximum Gasteiger partial charge on any atom is 0.322 e. The van der Waals surface area contributed by atoms with Crippen LogP contribution in [0.4, 0.5) is 0 Å². The van der Waals surface area contributed by atoms with Crippen LogP contribution in [0.15, 0.2) is 24.3 Å². The van der Waals surface area contributed by atoms with Crippen LogP contribution in [0.3, 0.4) is 0 Å². The van der Waals surface area contributed by atoms with Crippen molar-refractivity contribution in [2.24, 2.45) is 5.92 Å². The van der Waals surface area contributed by atoms with Crippen molar-refractivity contribution in [2.45, 2.75) is 11.8 Å². The second-order valence-corrected chi connectivity index (χ2v) is 5.13. The zero-order valence-corrected chi connectivity index (χ0v) is 12.0. The number of carbonyl (C=O) groups is 3. The summed E-state index contributed by atoms with van der Waals surface area (Å²) in [5.74, 6) is -2.53. The number of amides is 2. The average Bonchev–Trinajstić information content (AvgIpc) is 2.87. The van der Waals surface area contributed by atoms with Crippen LogP contribution >= 0.6 is 11.6 Å². The Kier molecular flexibility index (Phi) is 4.47. The van der Waals surface area contributed by atoms with Crippen LogP contribution in [-0.4, -0.2) is 46.8 Å². The molecule has 1 aromatic rings. The number of carboxylic acid groups (broad SMARTS) is 1. The minimum absolute atomic E-state index is 0.171. The smallest absolute Gasteiger partial charge is 0.322 e. The van der Waals surface area contributed by atoms with Crippen molar-refractivity contribution in [2.75, 3.05) is 13.7 Å². The summed E-state index contributed by atoms with van der Waals surface area (Å²) < 4.78 is 5.00. The standard InChI is InChI=1S/C14H14ClNO5/c1-21-9-4-2-8(3-5-9)12(17)16-7-6-10(13(16)18)11(15)14(19)20/h2-5,10-11H,6-7H2,1H3,(H,19,20)/t10-,11?/m0/s1. The van der Waals surface area contributed by atoms with E-state index < -0.39 is 29.1 Å². The predicted octanol–water partition coefficient (Wildman–Crippen LogP) is 1.38. The molecule has 1 aliphatic rings. The first-order chi connectivity index (χ1) is 9.95. The van der Waals surface area contributed by atoms with E-state index >= 15 is 0 Å². The lowest BCUT2D eigenvalue weighted by atomic mass is 10.0. The van der Waals surface area contributed by atoms with Crippen molar-refractivity contribution in [3.63, 3.8) is 0 Å². The summed E-state index contributed by atoms with van der Waals surface area (Å²) in [6.45, 7) is 0.171. The van der Waals surface area contributed by atoms with Gasteiger partial charge in [-0.15, -0.1) is 11.6 Å². The van der Waals surface area contributed by atoms with Crippen molar-refractivity contribution in [1.29, 1.82) is 0 Å². The lowest BCUT2D eigenvalue weighted by molar-refractivity contribution is -0.141. The number of hydrogen-bond acceptors (Lipinski definition) is 4. The summed E-state index contributed by atoms with van der Waals surface area (Å²) in [4.78, 5) is 36.3. The Morgan fingerprint density at radius 2 is 2.00 bits per heavy atom. The number of nitrogens with zero attached hydrogens (tertiary/aromatic N) is 1. The first-order valence-corrected chi connectivity index (χ1v) is 6.76. The molecule has 1 unspecified atom stereocenters. The summed E-state index contributed by atoms with van der Waals surface area (Å²) >= 11 is 5.70. The molecule has 112 valence electrons. The lowest BCUT2D eigenvalue weighted by Gasteiger charge is -2.16. The van der Waals surface area contributed by atoms with Crippen LogP contribution in [0.1, 0.15) is 16.8 Å². The van der Waals surface area contributed by atoms with Gasteiger partial charge >= 0.3 is 5.97 Å². The number of rotatable bonds is 4. The molecule has 1 fully saturated rings. The molecule has 2 amide bonds. The van der Waals surface area contributed by atoms with Gasteiger partial charge in [-0.2, -0.15) is 0 Å². The highest BCUT2D eigenvalue weighted by molar-refractivity contribution is 6.31. The van der Waals surface area contributed by atoms with E-state index in [0.717, 1.165) is 4.90 Å². The predicted molar refractivity (Wildman–Crippen MR) is 74.4 cm³/mol. The van der Waals surface area contributed by atoms with Crippen LogP contribution in [0.5, 0.6) is 5.75 Å². The van der Waals surface area contributed by atoms with E-state index in [-0.39, 0.29) is 13.0 Å². The van der Waals surface area contributed by atoms with Gasteiger partial charge in [0, 0.05) is 12.1 Å². The van der Waals surface area contributed by atoms with Crippen LogP contribution in [0, 0.1) is 5.92 Å². The van der Waals surface area contributed by atoms with Crippen molar-refractivity contribution in [3.8, 4) is 5.75 Å². The third kappa shape index (κ3) is 3.00. The number of benzene rings is 1. The van der Waals surface area contributed by atoms with Gasteiger partial charge in [0.15, 0.2) is 0 Å². The van der Waals surface area contributed by atoms with Crippen LogP contribution < -0.4 is 4.74 Å². The molecular weight excluding hydrogens is 298 g/mol. The molecule has 0 aliphatic carbocycles. The van der Waals surface area contributed by atoms with Crippen molar-refractivity contribution in [1.82, 2.24) is 4.90 Å². The van der Waals surface area contributed by atoms with Crippen molar-refractivity contribution >= 4 is 29.4 Å². The Bertz CT molecular complexity index is 571. The van der Waals surface area contributed by atoms with Gasteiger partial charge in [0.05, 0.1) is 13.0 Å². The van der Waals surface area contributed by atoms with Gasteiger partial charge in [0.1, 0.15) is 11.1 Å². The van der Waals surface area contributed by atoms with Gasteiger partial charge in [-0.05, 0) is 30.7 Å². The second-order valence-electron chi connectivity index (χ2n) is 4.66. The van der Waals surface area contributed by atoms with Crippen LogP contribution in [0.25, 0.3) is 0 Å². The minimum Gasteiger partial charge on any atom is -0.497 e. The van der Waals surface area contributed by atoms with Gasteiger partial charge in [-0.1, -0.05) is 0 Å². The van der Waals surface area contributed by atoms with E-state index in [0.29, 0.717) is 11.3 Å². The fourth-order valence-corrected chi connectivity index (χ4v) is 2.47. The first-order valence-electron chi connectivity index (χ1n) is 6.32. The number of aliphatic carboxylic acids is 1. The third-order valence-electron chi connectivity index (χ3n) is 3.42. The zero-order valence-electron chi connectivity index (χ0n) is 11.3. The Balaban J connectivity index is 2.13.